The van der Waals surface area contributed by atoms with Crippen molar-refractivity contribution in [2.24, 2.45) is 0 Å². The van der Waals surface area contributed by atoms with Gasteiger partial charge in [-0.3, -0.25) is 4.79 Å². The van der Waals surface area contributed by atoms with Gasteiger partial charge in [-0.25, -0.2) is 16.8 Å². The number of hydrogen-bond donors (Lipinski definition) is 1. The zero-order chi connectivity index (χ0) is 26.5. The predicted molar refractivity (Wildman–Crippen MR) is 139 cm³/mol. The van der Waals surface area contributed by atoms with Crippen LogP contribution in [0.5, 0.6) is 5.75 Å². The first-order valence-electron chi connectivity index (χ1n) is 12.1. The quantitative estimate of drug-likeness (QED) is 0.517. The number of hydrogen-bond acceptors (Lipinski definition) is 7. The normalized spacial score (nSPS) is 18.2. The molecular weight excluding hydrogens is 542 g/mol. The van der Waals surface area contributed by atoms with Crippen molar-refractivity contribution in [3.8, 4) is 5.75 Å². The molecule has 2 fully saturated rings. The third-order valence-corrected chi connectivity index (χ3v) is 10.4. The van der Waals surface area contributed by atoms with Crippen molar-refractivity contribution >= 4 is 43.2 Å². The molecule has 4 rings (SSSR count). The molecule has 2 aromatic carbocycles. The minimum atomic E-state index is -3.71. The van der Waals surface area contributed by atoms with Gasteiger partial charge in [0.15, 0.2) is 6.61 Å². The summed E-state index contributed by atoms with van der Waals surface area (Å²) in [4.78, 5) is 12.7. The lowest BCUT2D eigenvalue weighted by atomic mass is 10.2. The van der Waals surface area contributed by atoms with Crippen LogP contribution in [0, 0.1) is 0 Å². The standard InChI is InChI=1S/C24H30ClN3O7S2/c25-22-10-9-21(37(32,33)27-11-3-1-2-4-12-27)17-23(22)26-24(29)18-35-19-5-7-20(8-6-19)36(30,31)28-13-15-34-16-14-28/h5-10,17H,1-4,11-16,18H2,(H,26,29). The van der Waals surface area contributed by atoms with Gasteiger partial charge in [-0.15, -0.1) is 0 Å². The average Bonchev–Trinajstić information content (AvgIpc) is 3.20. The Morgan fingerprint density at radius 2 is 1.41 bits per heavy atom. The topological polar surface area (TPSA) is 122 Å². The summed E-state index contributed by atoms with van der Waals surface area (Å²) in [7, 11) is -7.34. The molecule has 0 unspecified atom stereocenters. The number of halogens is 1. The first-order chi connectivity index (χ1) is 17.7. The number of nitrogens with zero attached hydrogens (tertiary/aromatic N) is 2. The maximum Gasteiger partial charge on any atom is 0.262 e. The summed E-state index contributed by atoms with van der Waals surface area (Å²) in [6, 6.07) is 10.0. The number of carbonyl (C=O) groups excluding carboxylic acids is 1. The van der Waals surface area contributed by atoms with Crippen molar-refractivity contribution in [1.82, 2.24) is 8.61 Å². The van der Waals surface area contributed by atoms with Gasteiger partial charge in [0.25, 0.3) is 5.91 Å². The van der Waals surface area contributed by atoms with Crippen molar-refractivity contribution in [3.63, 3.8) is 0 Å². The summed E-state index contributed by atoms with van der Waals surface area (Å²) in [5.74, 6) is -0.240. The summed E-state index contributed by atoms with van der Waals surface area (Å²) in [6.45, 7) is 1.85. The van der Waals surface area contributed by atoms with Crippen LogP contribution < -0.4 is 10.1 Å². The molecular formula is C24H30ClN3O7S2. The molecule has 0 saturated carbocycles. The smallest absolute Gasteiger partial charge is 0.262 e. The number of sulfonamides is 2. The van der Waals surface area contributed by atoms with Crippen LogP contribution in [0.3, 0.4) is 0 Å². The zero-order valence-electron chi connectivity index (χ0n) is 20.3. The second-order valence-corrected chi connectivity index (χ2v) is 13.1. The number of anilines is 1. The summed E-state index contributed by atoms with van der Waals surface area (Å²) >= 11 is 6.21. The SMILES string of the molecule is O=C(COc1ccc(S(=O)(=O)N2CCOCC2)cc1)Nc1cc(S(=O)(=O)N2CCCCCC2)ccc1Cl. The molecule has 202 valence electrons. The molecule has 13 heteroatoms. The summed E-state index contributed by atoms with van der Waals surface area (Å²) in [5.41, 5.74) is 0.165. The van der Waals surface area contributed by atoms with Gasteiger partial charge in [0.05, 0.1) is 33.7 Å². The molecule has 37 heavy (non-hydrogen) atoms. The Bertz CT molecular complexity index is 1300. The molecule has 0 spiro atoms. The van der Waals surface area contributed by atoms with E-state index >= 15 is 0 Å². The summed E-state index contributed by atoms with van der Waals surface area (Å²) < 4.78 is 65.2. The molecule has 10 nitrogen and oxygen atoms in total. The van der Waals surface area contributed by atoms with E-state index in [2.05, 4.69) is 5.32 Å². The van der Waals surface area contributed by atoms with Crippen molar-refractivity contribution < 1.29 is 31.1 Å². The Labute approximate surface area is 222 Å². The minimum Gasteiger partial charge on any atom is -0.484 e. The maximum absolute atomic E-state index is 13.1. The second-order valence-electron chi connectivity index (χ2n) is 8.78. The number of benzene rings is 2. The Morgan fingerprint density at radius 3 is 2.05 bits per heavy atom. The molecule has 0 atom stereocenters. The van der Waals surface area contributed by atoms with Gasteiger partial charge in [0.2, 0.25) is 20.0 Å². The van der Waals surface area contributed by atoms with E-state index in [4.69, 9.17) is 21.1 Å². The predicted octanol–water partition coefficient (Wildman–Crippen LogP) is 2.94. The Morgan fingerprint density at radius 1 is 0.838 bits per heavy atom. The highest BCUT2D eigenvalue weighted by Crippen LogP contribution is 2.28. The second kappa shape index (κ2) is 12.1. The van der Waals surface area contributed by atoms with Crippen LogP contribution >= 0.6 is 11.6 Å². The van der Waals surface area contributed by atoms with Gasteiger partial charge in [-0.05, 0) is 55.3 Å². The lowest BCUT2D eigenvalue weighted by molar-refractivity contribution is -0.118. The molecule has 0 aliphatic carbocycles. The molecule has 2 heterocycles. The third-order valence-electron chi connectivity index (χ3n) is 6.22. The highest BCUT2D eigenvalue weighted by molar-refractivity contribution is 7.89. The Kier molecular flexibility index (Phi) is 9.09. The van der Waals surface area contributed by atoms with E-state index in [1.54, 1.807) is 0 Å². The fraction of sp³-hybridized carbons (Fsp3) is 0.458. The summed E-state index contributed by atoms with van der Waals surface area (Å²) in [6.07, 6.45) is 3.63. The van der Waals surface area contributed by atoms with Crippen molar-refractivity contribution in [2.45, 2.75) is 35.5 Å². The van der Waals surface area contributed by atoms with Crippen LogP contribution in [0.2, 0.25) is 5.02 Å². The molecule has 2 aliphatic rings. The van der Waals surface area contributed by atoms with E-state index in [9.17, 15) is 21.6 Å². The van der Waals surface area contributed by atoms with E-state index in [1.165, 1.54) is 51.1 Å². The summed E-state index contributed by atoms with van der Waals surface area (Å²) in [5, 5.41) is 2.79. The number of nitrogens with one attached hydrogen (secondary N) is 1. The van der Waals surface area contributed by atoms with Crippen LogP contribution in [0.15, 0.2) is 52.3 Å². The molecule has 0 bridgehead atoms. The number of carbonyl (C=O) groups is 1. The third kappa shape index (κ3) is 6.81. The number of morpholine rings is 1. The first-order valence-corrected chi connectivity index (χ1v) is 15.3. The van der Waals surface area contributed by atoms with E-state index in [0.717, 1.165) is 25.7 Å². The average molecular weight is 572 g/mol. The fourth-order valence-corrected chi connectivity index (χ4v) is 7.29. The first kappa shape index (κ1) is 27.8. The molecule has 0 aromatic heterocycles. The molecule has 1 amide bonds. The van der Waals surface area contributed by atoms with E-state index < -0.39 is 26.0 Å². The van der Waals surface area contributed by atoms with Gasteiger partial charge < -0.3 is 14.8 Å². The fourth-order valence-electron chi connectivity index (χ4n) is 4.17. The van der Waals surface area contributed by atoms with Crippen molar-refractivity contribution in [1.29, 1.82) is 0 Å². The van der Waals surface area contributed by atoms with Gasteiger partial charge in [0.1, 0.15) is 5.75 Å². The molecule has 1 N–H and O–H groups in total. The lowest BCUT2D eigenvalue weighted by Gasteiger charge is -2.26. The van der Waals surface area contributed by atoms with Crippen LogP contribution in [0.25, 0.3) is 0 Å². The van der Waals surface area contributed by atoms with Gasteiger partial charge in [-0.1, -0.05) is 24.4 Å². The highest BCUT2D eigenvalue weighted by atomic mass is 35.5. The minimum absolute atomic E-state index is 0.0621. The molecule has 2 saturated heterocycles. The van der Waals surface area contributed by atoms with Crippen LogP contribution in [-0.2, 0) is 29.6 Å². The maximum atomic E-state index is 13.1. The number of rotatable bonds is 8. The Balaban J connectivity index is 1.37. The lowest BCUT2D eigenvalue weighted by Crippen LogP contribution is -2.40. The monoisotopic (exact) mass is 571 g/mol. The number of ether oxygens (including phenoxy) is 2. The highest BCUT2D eigenvalue weighted by Gasteiger charge is 2.27. The van der Waals surface area contributed by atoms with E-state index in [-0.39, 0.29) is 27.1 Å². The van der Waals surface area contributed by atoms with Crippen LogP contribution in [0.4, 0.5) is 5.69 Å². The molecule has 0 radical (unpaired) electrons. The van der Waals surface area contributed by atoms with Crippen LogP contribution in [0.1, 0.15) is 25.7 Å². The zero-order valence-corrected chi connectivity index (χ0v) is 22.7. The van der Waals surface area contributed by atoms with Gasteiger partial charge >= 0.3 is 0 Å². The molecule has 2 aliphatic heterocycles. The number of amides is 1. The van der Waals surface area contributed by atoms with Gasteiger partial charge in [-0.2, -0.15) is 8.61 Å². The van der Waals surface area contributed by atoms with Crippen molar-refractivity contribution in [2.75, 3.05) is 51.3 Å². The van der Waals surface area contributed by atoms with Crippen molar-refractivity contribution in [3.05, 3.63) is 47.5 Å². The molecule has 2 aromatic rings. The van der Waals surface area contributed by atoms with Crippen LogP contribution in [-0.4, -0.2) is 77.4 Å². The largest absolute Gasteiger partial charge is 0.484 e. The Hall–Kier alpha value is -2.22. The van der Waals surface area contributed by atoms with E-state index in [0.29, 0.717) is 45.1 Å². The van der Waals surface area contributed by atoms with Gasteiger partial charge in [0, 0.05) is 26.2 Å². The van der Waals surface area contributed by atoms with E-state index in [1.807, 2.05) is 0 Å².